The lowest BCUT2D eigenvalue weighted by Gasteiger charge is -2.41. The Morgan fingerprint density at radius 1 is 0.194 bits per heavy atom. The van der Waals surface area contributed by atoms with Crippen LogP contribution in [0.2, 0.25) is 0 Å². The Kier molecular flexibility index (Phi) is 23.5. The number of hydrogen-bond acceptors (Lipinski definition) is 10. The van der Waals surface area contributed by atoms with Crippen molar-refractivity contribution in [3.05, 3.63) is 223 Å². The van der Waals surface area contributed by atoms with Crippen molar-refractivity contribution in [2.45, 2.75) is 122 Å². The molecule has 0 saturated heterocycles. The van der Waals surface area contributed by atoms with Gasteiger partial charge >= 0.3 is 12.4 Å². The van der Waals surface area contributed by atoms with Crippen molar-refractivity contribution < 1.29 is 138 Å². The second-order valence-electron chi connectivity index (χ2n) is 24.5. The van der Waals surface area contributed by atoms with E-state index >= 15 is 26.3 Å². The van der Waals surface area contributed by atoms with E-state index in [0.29, 0.717) is 17.2 Å². The van der Waals surface area contributed by atoms with Crippen LogP contribution in [0.25, 0.3) is 0 Å². The molecule has 0 radical (unpaired) electrons. The highest BCUT2D eigenvalue weighted by Crippen LogP contribution is 2.60. The van der Waals surface area contributed by atoms with Gasteiger partial charge in [0, 0.05) is 5.69 Å². The van der Waals surface area contributed by atoms with Gasteiger partial charge in [-0.25, -0.2) is 57.1 Å². The number of nitrogen functional groups attached to an aromatic ring is 5. The molecule has 0 atom stereocenters. The predicted octanol–water partition coefficient (Wildman–Crippen LogP) is 22.8. The Morgan fingerprint density at radius 2 is 0.380 bits per heavy atom. The number of ether oxygens (including phenoxy) is 5. The summed E-state index contributed by atoms with van der Waals surface area (Å²) in [7, 11) is 0. The summed E-state index contributed by atoms with van der Waals surface area (Å²) in [5, 5.41) is 0. The van der Waals surface area contributed by atoms with E-state index in [1.807, 2.05) is 62.3 Å². The molecule has 0 aliphatic carbocycles. The van der Waals surface area contributed by atoms with E-state index in [4.69, 9.17) is 38.1 Å². The molecule has 0 bridgehead atoms. The van der Waals surface area contributed by atoms with Crippen LogP contribution in [0.1, 0.15) is 94.6 Å². The normalized spacial score (nSPS) is 11.8. The molecular formula is C72H57F26N5O5. The largest absolute Gasteiger partial charge is 0.456 e. The number of rotatable bonds is 12. The first-order valence-corrected chi connectivity index (χ1v) is 30.6. The molecule has 9 aromatic rings. The van der Waals surface area contributed by atoms with E-state index in [-0.39, 0.29) is 44.9 Å². The quantitative estimate of drug-likeness (QED) is 0.0342. The van der Waals surface area contributed by atoms with Gasteiger partial charge in [0.25, 0.3) is 0 Å². The molecular weight excluding hydrogens is 1510 g/mol. The van der Waals surface area contributed by atoms with Crippen molar-refractivity contribution >= 4 is 28.4 Å². The Bertz CT molecular complexity index is 4760. The number of aryl methyl sites for hydroxylation is 2. The first kappa shape index (κ1) is 84.4. The lowest BCUT2D eigenvalue weighted by molar-refractivity contribution is -0.289. The molecule has 0 fully saturated rings. The summed E-state index contributed by atoms with van der Waals surface area (Å²) in [6.45, 7) is 25.6. The Morgan fingerprint density at radius 3 is 0.611 bits per heavy atom. The molecule has 10 N–H and O–H groups in total. The van der Waals surface area contributed by atoms with Crippen LogP contribution >= 0.6 is 0 Å². The third-order valence-corrected chi connectivity index (χ3v) is 18.5. The number of alkyl halides is 6. The first-order valence-electron chi connectivity index (χ1n) is 30.6. The molecule has 0 aromatic heterocycles. The maximum absolute atomic E-state index is 15.7. The fourth-order valence-corrected chi connectivity index (χ4v) is 11.4. The molecule has 0 heterocycles. The maximum atomic E-state index is 15.7. The summed E-state index contributed by atoms with van der Waals surface area (Å²) in [6, 6.07) is 1.98. The Hall–Kier alpha value is -10.8. The van der Waals surface area contributed by atoms with E-state index in [1.54, 1.807) is 0 Å². The highest BCUT2D eigenvalue weighted by molar-refractivity contribution is 5.68. The van der Waals surface area contributed by atoms with Crippen molar-refractivity contribution in [1.29, 1.82) is 0 Å². The molecule has 10 nitrogen and oxygen atoms in total. The van der Waals surface area contributed by atoms with Crippen LogP contribution in [0.15, 0.2) is 12.1 Å². The summed E-state index contributed by atoms with van der Waals surface area (Å²) >= 11 is 0. The second kappa shape index (κ2) is 30.1. The smallest absolute Gasteiger partial charge is 0.411 e. The number of nitrogens with two attached hydrogens (primary N) is 5. The van der Waals surface area contributed by atoms with Crippen molar-refractivity contribution in [2.24, 2.45) is 0 Å². The minimum atomic E-state index is -5.78. The van der Waals surface area contributed by atoms with Crippen molar-refractivity contribution in [1.82, 2.24) is 0 Å². The monoisotopic (exact) mass is 1570 g/mol. The number of anilines is 5. The van der Waals surface area contributed by atoms with Crippen molar-refractivity contribution in [2.75, 3.05) is 28.7 Å². The minimum Gasteiger partial charge on any atom is -0.456 e. The number of benzene rings is 9. The Balaban J connectivity index is 0.000000245. The van der Waals surface area contributed by atoms with Gasteiger partial charge in [0.15, 0.2) is 46.5 Å². The fraction of sp³-hybridized carbons (Fsp3) is 0.250. The van der Waals surface area contributed by atoms with E-state index in [0.717, 1.165) is 62.2 Å². The van der Waals surface area contributed by atoms with E-state index in [2.05, 4.69) is 14.2 Å². The van der Waals surface area contributed by atoms with Crippen LogP contribution in [-0.4, -0.2) is 12.4 Å². The average molecular weight is 1570 g/mol. The average Bonchev–Trinajstić information content (AvgIpc) is 0.696. The van der Waals surface area contributed by atoms with E-state index < -0.39 is 202 Å². The van der Waals surface area contributed by atoms with Crippen LogP contribution in [-0.2, 0) is 5.41 Å². The summed E-state index contributed by atoms with van der Waals surface area (Å²) in [5.41, 5.74) is 21.5. The molecule has 0 unspecified atom stereocenters. The van der Waals surface area contributed by atoms with Crippen LogP contribution < -0.4 is 52.4 Å². The van der Waals surface area contributed by atoms with Crippen LogP contribution in [0.5, 0.6) is 57.5 Å². The maximum Gasteiger partial charge on any atom is 0.411 e. The Labute approximate surface area is 595 Å². The predicted molar refractivity (Wildman–Crippen MR) is 344 cm³/mol. The zero-order valence-electron chi connectivity index (χ0n) is 58.4. The second-order valence-corrected chi connectivity index (χ2v) is 24.5. The standard InChI is InChI=1S/C42H49F6NO2.C18H4F12N2O2.C12H4F8N2O/c1-18-16-33(23(6)29(12)36(18)50-38-27(10)21(4)20(3)22(5)28(38)11)40(41(43,44)45,42(46,47)48)34-17-19(2)37(30(13)24(34)7)51-39-31(14)25(8)35(49)26(9)32(39)15;19-1-4(22)13(31)10(28)15(6(1)24)33-17-8(26)3(21)9(27)18(12(17)30)34-16-7(25)2(20)5(23)14(32)11(16)29;13-1-3(15)9(21)7(19)11(5(1)17)23-12-6(18)2(14)4(16)10(22)8(12)20/h16-17H,49H2,1-15H3;31-32H2;21-22H2. The molecule has 0 spiro atoms. The van der Waals surface area contributed by atoms with Gasteiger partial charge in [0.2, 0.25) is 110 Å². The summed E-state index contributed by atoms with van der Waals surface area (Å²) in [5.74, 6) is -58.9. The number of hydrogen-bond donors (Lipinski definition) is 5. The van der Waals surface area contributed by atoms with Crippen molar-refractivity contribution in [3.8, 4) is 57.5 Å². The van der Waals surface area contributed by atoms with E-state index in [9.17, 15) is 87.8 Å². The first-order chi connectivity index (χ1) is 49.6. The van der Waals surface area contributed by atoms with Crippen LogP contribution in [0, 0.1) is 220 Å². The zero-order valence-corrected chi connectivity index (χ0v) is 58.4. The molecule has 0 saturated carbocycles. The van der Waals surface area contributed by atoms with Crippen LogP contribution in [0.4, 0.5) is 143 Å². The van der Waals surface area contributed by atoms with Crippen molar-refractivity contribution in [3.63, 3.8) is 0 Å². The molecule has 9 aromatic carbocycles. The molecule has 0 aliphatic rings. The van der Waals surface area contributed by atoms with E-state index in [1.165, 1.54) is 41.5 Å². The summed E-state index contributed by atoms with van der Waals surface area (Å²) < 4.78 is 391. The molecule has 36 heteroatoms. The molecule has 108 heavy (non-hydrogen) atoms. The van der Waals surface area contributed by atoms with Gasteiger partial charge < -0.3 is 52.4 Å². The van der Waals surface area contributed by atoms with Crippen LogP contribution in [0.3, 0.4) is 0 Å². The third-order valence-electron chi connectivity index (χ3n) is 18.5. The zero-order chi connectivity index (χ0) is 82.5. The van der Waals surface area contributed by atoms with Gasteiger partial charge in [-0.2, -0.15) is 57.1 Å². The lowest BCUT2D eigenvalue weighted by atomic mass is 9.68. The van der Waals surface area contributed by atoms with Gasteiger partial charge in [0.1, 0.15) is 45.7 Å². The van der Waals surface area contributed by atoms with Gasteiger partial charge in [-0.3, -0.25) is 0 Å². The molecule has 9 rings (SSSR count). The lowest BCUT2D eigenvalue weighted by Crippen LogP contribution is -2.55. The van der Waals surface area contributed by atoms with Gasteiger partial charge in [0.05, 0.1) is 0 Å². The summed E-state index contributed by atoms with van der Waals surface area (Å²) in [4.78, 5) is 0. The fourth-order valence-electron chi connectivity index (χ4n) is 11.4. The molecule has 0 aliphatic heterocycles. The topological polar surface area (TPSA) is 176 Å². The highest BCUT2D eigenvalue weighted by atomic mass is 19.4. The summed E-state index contributed by atoms with van der Waals surface area (Å²) in [6.07, 6.45) is -11.6. The molecule has 582 valence electrons. The van der Waals surface area contributed by atoms with Gasteiger partial charge in [-0.15, -0.1) is 0 Å². The SMILES string of the molecule is Cc1cc(C(c2cc(C)c(Oc3c(C)c(C)c(N)c(C)c3C)c(C)c2C)(C(F)(F)F)C(F)(F)F)c(C)c(C)c1Oc1c(C)c(C)c(C)c(C)c1C.Nc1c(F)c(F)c(F)c(Oc2c(F)c(F)c(F)c(Oc3c(F)c(N)c(F)c(F)c3F)c2F)c1F.Nc1c(F)c(F)c(F)c(Oc2c(F)c(N)c(F)c(F)c2F)c1F. The molecule has 0 amide bonds. The third kappa shape index (κ3) is 13.8. The highest BCUT2D eigenvalue weighted by Gasteiger charge is 2.73. The van der Waals surface area contributed by atoms with Gasteiger partial charge in [-0.05, 0) is 198 Å². The number of halogens is 26. The van der Waals surface area contributed by atoms with Gasteiger partial charge in [-0.1, -0.05) is 12.1 Å². The minimum absolute atomic E-state index is 0.138.